The Bertz CT molecular complexity index is 458. The summed E-state index contributed by atoms with van der Waals surface area (Å²) in [5.41, 5.74) is 8.29. The van der Waals surface area contributed by atoms with E-state index in [-0.39, 0.29) is 6.10 Å². The zero-order chi connectivity index (χ0) is 14.4. The molecule has 3 nitrogen and oxygen atoms in total. The summed E-state index contributed by atoms with van der Waals surface area (Å²) in [5, 5.41) is 14.1. The molecule has 2 N–H and O–H groups in total. The van der Waals surface area contributed by atoms with Crippen molar-refractivity contribution >= 4 is 11.4 Å². The van der Waals surface area contributed by atoms with Crippen molar-refractivity contribution in [1.82, 2.24) is 0 Å². The molecule has 1 aromatic carbocycles. The van der Waals surface area contributed by atoms with Crippen molar-refractivity contribution in [3.63, 3.8) is 0 Å². The van der Waals surface area contributed by atoms with Crippen molar-refractivity contribution in [3.05, 3.63) is 29.3 Å². The van der Waals surface area contributed by atoms with Gasteiger partial charge in [-0.2, -0.15) is 5.10 Å². The Morgan fingerprint density at radius 1 is 1.30 bits per heavy atom. The van der Waals surface area contributed by atoms with Crippen LogP contribution in [0, 0.1) is 6.92 Å². The van der Waals surface area contributed by atoms with Crippen LogP contribution in [0.1, 0.15) is 56.6 Å². The minimum absolute atomic E-state index is 0.131. The molecule has 110 valence electrons. The van der Waals surface area contributed by atoms with E-state index in [2.05, 4.69) is 42.6 Å². The topological polar surface area (TPSA) is 44.6 Å². The SMILES string of the molecule is CCCCc1c(C)cccc1NN=C1CCC(O)CC1. The van der Waals surface area contributed by atoms with Crippen LogP contribution in [0.2, 0.25) is 0 Å². The van der Waals surface area contributed by atoms with E-state index in [0.717, 1.165) is 37.8 Å². The summed E-state index contributed by atoms with van der Waals surface area (Å²) in [5.74, 6) is 0. The molecule has 2 rings (SSSR count). The number of aliphatic hydroxyl groups excluding tert-OH is 1. The molecule has 0 spiro atoms. The molecule has 1 saturated carbocycles. The van der Waals surface area contributed by atoms with Gasteiger partial charge in [-0.05, 0) is 62.6 Å². The van der Waals surface area contributed by atoms with E-state index < -0.39 is 0 Å². The Balaban J connectivity index is 2.05. The molecule has 0 aromatic heterocycles. The second-order valence-corrected chi connectivity index (χ2v) is 5.73. The lowest BCUT2D eigenvalue weighted by Crippen LogP contribution is -2.18. The first-order valence-electron chi connectivity index (χ1n) is 7.78. The molecule has 0 saturated heterocycles. The fourth-order valence-electron chi connectivity index (χ4n) is 2.68. The molecular formula is C17H26N2O. The van der Waals surface area contributed by atoms with Crippen LogP contribution in [-0.2, 0) is 6.42 Å². The highest BCUT2D eigenvalue weighted by atomic mass is 16.3. The van der Waals surface area contributed by atoms with Gasteiger partial charge in [0.1, 0.15) is 0 Å². The lowest BCUT2D eigenvalue weighted by molar-refractivity contribution is 0.152. The van der Waals surface area contributed by atoms with Gasteiger partial charge in [-0.1, -0.05) is 25.5 Å². The lowest BCUT2D eigenvalue weighted by Gasteiger charge is -2.19. The van der Waals surface area contributed by atoms with Crippen LogP contribution in [0.15, 0.2) is 23.3 Å². The van der Waals surface area contributed by atoms with Crippen LogP contribution < -0.4 is 5.43 Å². The highest BCUT2D eigenvalue weighted by molar-refractivity contribution is 5.86. The first-order chi connectivity index (χ1) is 9.70. The molecule has 0 atom stereocenters. The van der Waals surface area contributed by atoms with Gasteiger partial charge in [-0.25, -0.2) is 0 Å². The number of hydrazone groups is 1. The first-order valence-corrected chi connectivity index (χ1v) is 7.78. The Hall–Kier alpha value is -1.35. The van der Waals surface area contributed by atoms with E-state index in [1.54, 1.807) is 0 Å². The highest BCUT2D eigenvalue weighted by Gasteiger charge is 2.15. The van der Waals surface area contributed by atoms with E-state index in [9.17, 15) is 5.11 Å². The first kappa shape index (κ1) is 15.0. The predicted octanol–water partition coefficient (Wildman–Crippen LogP) is 4.04. The van der Waals surface area contributed by atoms with Gasteiger partial charge >= 0.3 is 0 Å². The summed E-state index contributed by atoms with van der Waals surface area (Å²) in [6.45, 7) is 4.39. The number of anilines is 1. The molecule has 1 fully saturated rings. The fraction of sp³-hybridized carbons (Fsp3) is 0.588. The summed E-state index contributed by atoms with van der Waals surface area (Å²) < 4.78 is 0. The van der Waals surface area contributed by atoms with E-state index in [1.807, 2.05) is 0 Å². The number of hydrogen-bond acceptors (Lipinski definition) is 3. The van der Waals surface area contributed by atoms with Gasteiger partial charge in [-0.3, -0.25) is 5.43 Å². The largest absolute Gasteiger partial charge is 0.393 e. The number of nitrogens with one attached hydrogen (secondary N) is 1. The monoisotopic (exact) mass is 274 g/mol. The van der Waals surface area contributed by atoms with E-state index in [0.29, 0.717) is 0 Å². The molecule has 0 aliphatic heterocycles. The summed E-state index contributed by atoms with van der Waals surface area (Å²) in [7, 11) is 0. The fourth-order valence-corrected chi connectivity index (χ4v) is 2.68. The van der Waals surface area contributed by atoms with E-state index >= 15 is 0 Å². The van der Waals surface area contributed by atoms with Crippen molar-refractivity contribution in [2.75, 3.05) is 5.43 Å². The third-order valence-electron chi connectivity index (χ3n) is 4.06. The second-order valence-electron chi connectivity index (χ2n) is 5.73. The minimum Gasteiger partial charge on any atom is -0.393 e. The van der Waals surface area contributed by atoms with Crippen molar-refractivity contribution in [2.24, 2.45) is 5.10 Å². The third-order valence-corrected chi connectivity index (χ3v) is 4.06. The Morgan fingerprint density at radius 3 is 2.75 bits per heavy atom. The summed E-state index contributed by atoms with van der Waals surface area (Å²) in [6, 6.07) is 6.36. The number of unbranched alkanes of at least 4 members (excludes halogenated alkanes) is 1. The van der Waals surface area contributed by atoms with Crippen LogP contribution >= 0.6 is 0 Å². The van der Waals surface area contributed by atoms with E-state index in [4.69, 9.17) is 0 Å². The van der Waals surface area contributed by atoms with Gasteiger partial charge in [0, 0.05) is 5.71 Å². The molecule has 0 radical (unpaired) electrons. The standard InChI is InChI=1S/C17H26N2O/c1-3-4-7-16-13(2)6-5-8-17(16)19-18-14-9-11-15(20)12-10-14/h5-6,8,15,19-20H,3-4,7,9-12H2,1-2H3. The van der Waals surface area contributed by atoms with Gasteiger partial charge in [0.05, 0.1) is 11.8 Å². The number of aryl methyl sites for hydroxylation is 1. The zero-order valence-electron chi connectivity index (χ0n) is 12.7. The molecule has 20 heavy (non-hydrogen) atoms. The van der Waals surface area contributed by atoms with Gasteiger partial charge in [0.25, 0.3) is 0 Å². The minimum atomic E-state index is -0.131. The third kappa shape index (κ3) is 4.07. The average Bonchev–Trinajstić information content (AvgIpc) is 2.46. The Kier molecular flexibility index (Phi) is 5.60. The molecule has 3 heteroatoms. The second kappa shape index (κ2) is 7.44. The van der Waals surface area contributed by atoms with Crippen molar-refractivity contribution in [3.8, 4) is 0 Å². The maximum Gasteiger partial charge on any atom is 0.0596 e. The van der Waals surface area contributed by atoms with Gasteiger partial charge in [0.2, 0.25) is 0 Å². The number of hydrogen-bond donors (Lipinski definition) is 2. The summed E-state index contributed by atoms with van der Waals surface area (Å²) in [6.07, 6.45) is 6.90. The Labute approximate surface area is 122 Å². The van der Waals surface area contributed by atoms with Gasteiger partial charge in [0.15, 0.2) is 0 Å². The maximum absolute atomic E-state index is 9.51. The molecule has 1 aromatic rings. The molecule has 0 amide bonds. The smallest absolute Gasteiger partial charge is 0.0596 e. The van der Waals surface area contributed by atoms with Crippen LogP contribution in [-0.4, -0.2) is 16.9 Å². The van der Waals surface area contributed by atoms with E-state index in [1.165, 1.54) is 29.7 Å². The van der Waals surface area contributed by atoms with Crippen LogP contribution in [0.4, 0.5) is 5.69 Å². The van der Waals surface area contributed by atoms with Crippen LogP contribution in [0.3, 0.4) is 0 Å². The lowest BCUT2D eigenvalue weighted by atomic mass is 9.96. The molecule has 1 aliphatic carbocycles. The summed E-state index contributed by atoms with van der Waals surface area (Å²) >= 11 is 0. The molecule has 0 heterocycles. The maximum atomic E-state index is 9.51. The van der Waals surface area contributed by atoms with Crippen molar-refractivity contribution in [1.29, 1.82) is 0 Å². The Morgan fingerprint density at radius 2 is 2.05 bits per heavy atom. The van der Waals surface area contributed by atoms with Crippen LogP contribution in [0.25, 0.3) is 0 Å². The van der Waals surface area contributed by atoms with Gasteiger partial charge in [-0.15, -0.1) is 0 Å². The molecule has 1 aliphatic rings. The molecule has 0 bridgehead atoms. The quantitative estimate of drug-likeness (QED) is 0.796. The molecular weight excluding hydrogens is 248 g/mol. The normalized spacial score (nSPS) is 18.9. The highest BCUT2D eigenvalue weighted by Crippen LogP contribution is 2.23. The predicted molar refractivity (Wildman–Crippen MR) is 85.3 cm³/mol. The van der Waals surface area contributed by atoms with Gasteiger partial charge < -0.3 is 5.11 Å². The number of benzene rings is 1. The van der Waals surface area contributed by atoms with Crippen molar-refractivity contribution < 1.29 is 5.11 Å². The summed E-state index contributed by atoms with van der Waals surface area (Å²) in [4.78, 5) is 0. The average molecular weight is 274 g/mol. The number of rotatable bonds is 5. The number of nitrogens with zero attached hydrogens (tertiary/aromatic N) is 1. The van der Waals surface area contributed by atoms with Crippen molar-refractivity contribution in [2.45, 2.75) is 64.9 Å². The molecule has 0 unspecified atom stereocenters. The number of aliphatic hydroxyl groups is 1. The zero-order valence-corrected chi connectivity index (χ0v) is 12.7. The van der Waals surface area contributed by atoms with Crippen LogP contribution in [0.5, 0.6) is 0 Å².